The minimum absolute atomic E-state index is 0.0546. The van der Waals surface area contributed by atoms with Gasteiger partial charge in [0, 0.05) is 132 Å². The normalized spacial score (nSPS) is 15.7. The molecule has 0 saturated carbocycles. The van der Waals surface area contributed by atoms with Gasteiger partial charge in [-0.15, -0.1) is 0 Å². The Morgan fingerprint density at radius 1 is 0.117 bits per heavy atom. The second kappa shape index (κ2) is 30.4. The summed E-state index contributed by atoms with van der Waals surface area (Å²) in [6, 6.07) is 70.5. The van der Waals surface area contributed by atoms with E-state index in [9.17, 15) is 1.37 Å². The first-order valence-corrected chi connectivity index (χ1v) is 40.9. The van der Waals surface area contributed by atoms with Crippen molar-refractivity contribution >= 4 is 174 Å². The Hall–Kier alpha value is -17.2. The number of nitrogens with zero attached hydrogens (tertiary/aromatic N) is 8. The Morgan fingerprint density at radius 2 is 0.305 bits per heavy atom. The molecule has 28 aromatic rings. The maximum absolute atomic E-state index is 9.41. The van der Waals surface area contributed by atoms with Crippen molar-refractivity contribution in [1.82, 2.24) is 36.5 Å². The van der Waals surface area contributed by atoms with Gasteiger partial charge in [-0.3, -0.25) is 0 Å². The molecule has 20 aromatic carbocycles. The lowest BCUT2D eigenvalue weighted by molar-refractivity contribution is 1.13. The summed E-state index contributed by atoms with van der Waals surface area (Å²) in [5.74, 6) is 0. The number of fused-ring (bicyclic) bond motifs is 24. The van der Waals surface area contributed by atoms with Gasteiger partial charge in [0.2, 0.25) is 0 Å². The monoisotopic (exact) mass is 1670 g/mol. The van der Waals surface area contributed by atoms with Gasteiger partial charge in [0.15, 0.2) is 0 Å². The zero-order chi connectivity index (χ0) is 116. The molecule has 0 N–H and O–H groups in total. The molecule has 0 spiro atoms. The summed E-state index contributed by atoms with van der Waals surface area (Å²) in [6.45, 7) is 0. The summed E-state index contributed by atoms with van der Waals surface area (Å²) in [7, 11) is 0. The van der Waals surface area contributed by atoms with Crippen LogP contribution in [0.2, 0.25) is 0 Å². The molecule has 0 radical (unpaired) electrons. The molecule has 0 bridgehead atoms. The summed E-state index contributed by atoms with van der Waals surface area (Å²) >= 11 is 0. The summed E-state index contributed by atoms with van der Waals surface area (Å²) in [6.07, 6.45) is 0. The topological polar surface area (TPSA) is 39.4 Å². The Labute approximate surface area is 787 Å². The average molecular weight is 1670 g/mol. The highest BCUT2D eigenvalue weighted by Crippen LogP contribution is 2.43. The lowest BCUT2D eigenvalue weighted by Crippen LogP contribution is -1.98. The van der Waals surface area contributed by atoms with Crippen LogP contribution in [0.25, 0.3) is 220 Å². The van der Waals surface area contributed by atoms with Crippen molar-refractivity contribution in [2.75, 3.05) is 0 Å². The van der Waals surface area contributed by atoms with E-state index in [0.717, 1.165) is 98.6 Å². The van der Waals surface area contributed by atoms with Crippen LogP contribution in [-0.4, -0.2) is 36.5 Å². The Morgan fingerprint density at radius 3 is 0.562 bits per heavy atom. The standard InChI is InChI=1S/4C30H20N2/c4*1-5-16-27-23(12-1)24-13-2-6-17-28(24)31(27)21-10-9-11-22(20-21)32-29-18-7-3-14-25(29)26-15-4-8-19-30(26)32/h4*1-20H/i1D,2D,3D,4D,5D,6D,7D,8D,12D,13D,14D,15D,16D,17D,18D,19D;1D,2D,3D,4D,5D,6D,7D,8D,12D,13D,14D,15D;9D,10D,11D,20D;1D,2D,3D,4D. The Bertz CT molecular complexity index is 10500. The third-order valence-electron chi connectivity index (χ3n) is 23.6. The first kappa shape index (κ1) is 45.8. The highest BCUT2D eigenvalue weighted by Gasteiger charge is 2.22. The molecule has 0 aliphatic heterocycles. The zero-order valence-electron chi connectivity index (χ0n) is 103. The second-order valence-electron chi connectivity index (χ2n) is 30.4. The van der Waals surface area contributed by atoms with Crippen LogP contribution in [0.4, 0.5) is 0 Å². The highest BCUT2D eigenvalue weighted by atomic mass is 15.1. The minimum Gasteiger partial charge on any atom is -0.309 e. The molecule has 8 heterocycles. The van der Waals surface area contributed by atoms with E-state index < -0.39 is 96.7 Å². The fourth-order valence-electron chi connectivity index (χ4n) is 18.3. The van der Waals surface area contributed by atoms with E-state index in [4.69, 9.17) is 48.0 Å². The van der Waals surface area contributed by atoms with Crippen LogP contribution in [0.3, 0.4) is 0 Å². The van der Waals surface area contributed by atoms with Gasteiger partial charge in [0.25, 0.3) is 0 Å². The first-order valence-electron chi connectivity index (χ1n) is 58.9. The summed E-state index contributed by atoms with van der Waals surface area (Å²) in [4.78, 5) is 0. The number of para-hydroxylation sites is 16. The molecule has 8 nitrogen and oxygen atoms in total. The summed E-state index contributed by atoms with van der Waals surface area (Å²) in [5.41, 5.74) is 12.1. The number of aromatic nitrogens is 8. The van der Waals surface area contributed by atoms with Crippen molar-refractivity contribution in [2.24, 2.45) is 0 Å². The molecular formula is C120H80N8. The highest BCUT2D eigenvalue weighted by molar-refractivity contribution is 6.16. The van der Waals surface area contributed by atoms with Gasteiger partial charge in [-0.05, 0) is 170 Å². The summed E-state index contributed by atoms with van der Waals surface area (Å²) in [5, 5.41) is 8.23. The van der Waals surface area contributed by atoms with E-state index in [-0.39, 0.29) is 173 Å². The molecule has 128 heavy (non-hydrogen) atoms. The van der Waals surface area contributed by atoms with Crippen LogP contribution < -0.4 is 0 Å². The third kappa shape index (κ3) is 11.8. The molecule has 28 rings (SSSR count). The average Bonchev–Trinajstić information content (AvgIpc) is 1.53. The van der Waals surface area contributed by atoms with Gasteiger partial charge in [-0.25, -0.2) is 0 Å². The molecular weight excluding hydrogens is 1550 g/mol. The molecule has 0 fully saturated rings. The molecule has 8 aromatic heterocycles. The van der Waals surface area contributed by atoms with Crippen molar-refractivity contribution in [3.8, 4) is 45.5 Å². The number of rotatable bonds is 8. The number of benzene rings is 20. The Kier molecular flexibility index (Phi) is 10.9. The predicted molar refractivity (Wildman–Crippen MR) is 540 cm³/mol. The van der Waals surface area contributed by atoms with Crippen molar-refractivity contribution in [1.29, 1.82) is 0 Å². The number of hydrogen-bond donors (Lipinski definition) is 0. The minimum atomic E-state index is -0.600. The van der Waals surface area contributed by atoms with Crippen molar-refractivity contribution in [3.05, 3.63) is 484 Å². The van der Waals surface area contributed by atoms with E-state index in [1.165, 1.54) is 57.7 Å². The zero-order valence-corrected chi connectivity index (χ0v) is 67.0. The lowest BCUT2D eigenvalue weighted by atomic mass is 10.2. The predicted octanol–water partition coefficient (Wildman–Crippen LogP) is 31.5. The van der Waals surface area contributed by atoms with Gasteiger partial charge in [0.1, 0.15) is 0 Å². The fourth-order valence-corrected chi connectivity index (χ4v) is 18.3. The summed E-state index contributed by atoms with van der Waals surface area (Å²) < 4.78 is 320. The van der Waals surface area contributed by atoms with Crippen LogP contribution in [0.5, 0.6) is 0 Å². The van der Waals surface area contributed by atoms with Crippen LogP contribution in [0.15, 0.2) is 484 Å². The van der Waals surface area contributed by atoms with Crippen LogP contribution in [0.1, 0.15) is 49.3 Å². The smallest absolute Gasteiger partial charge is 0.0667 e. The molecule has 0 saturated heterocycles. The van der Waals surface area contributed by atoms with Gasteiger partial charge < -0.3 is 36.5 Å². The van der Waals surface area contributed by atoms with Crippen molar-refractivity contribution in [2.45, 2.75) is 0 Å². The van der Waals surface area contributed by atoms with Gasteiger partial charge in [-0.1, -0.05) is 315 Å². The van der Waals surface area contributed by atoms with Crippen LogP contribution >= 0.6 is 0 Å². The van der Waals surface area contributed by atoms with Gasteiger partial charge >= 0.3 is 0 Å². The quantitative estimate of drug-likeness (QED) is 0.145. The van der Waals surface area contributed by atoms with E-state index in [1.807, 2.05) is 161 Å². The van der Waals surface area contributed by atoms with Crippen molar-refractivity contribution < 1.29 is 49.3 Å². The molecule has 0 unspecified atom stereocenters. The molecule has 8 heteroatoms. The van der Waals surface area contributed by atoms with E-state index >= 15 is 0 Å². The molecule has 0 atom stereocenters. The van der Waals surface area contributed by atoms with Gasteiger partial charge in [0.05, 0.1) is 138 Å². The molecule has 600 valence electrons. The van der Waals surface area contributed by atoms with Crippen LogP contribution in [-0.2, 0) is 0 Å². The Balaban J connectivity index is 0.000000111. The number of hydrogen-bond acceptors (Lipinski definition) is 0. The maximum atomic E-state index is 9.41. The third-order valence-corrected chi connectivity index (χ3v) is 23.6. The molecule has 0 aliphatic carbocycles. The van der Waals surface area contributed by atoms with E-state index in [0.29, 0.717) is 69.0 Å². The SMILES string of the molecule is [2H]c1c([2H])c(-n2c3ccccc3c3ccccc32)c([2H])c(-n2c3ccccc3c3ccccc32)c1[2H].[2H]c1c([2H])c([2H])c2c(c1[2H])c1c([2H])c([2H])c([2H])c([2H])c1n2-c1cccc(-n2c3c([2H])c([2H])c([2H])c([2H])c3c3c([2H])c([2H])c([2H])c([2H])c32)c1.[2H]c1cc2c(c([2H])c1[2H])c1c([2H])c([2H])c([2H])cc1n2-c1cccc(-n2c3cc([2H])c([2H])c([2H])c3c3c([2H])c([2H])c([2H])cc32)c1.[2H]c1ccc2c(c1)c1cc([2H])ccc1n2-c1cccc(-n2c3ccc([2H])cc3c3cc([2H])ccc32)c1. The van der Waals surface area contributed by atoms with E-state index in [2.05, 4.69) is 27.3 Å². The largest absolute Gasteiger partial charge is 0.309 e. The molecule has 0 amide bonds. The van der Waals surface area contributed by atoms with Crippen molar-refractivity contribution in [3.63, 3.8) is 0 Å². The second-order valence-corrected chi connectivity index (χ2v) is 30.4. The van der Waals surface area contributed by atoms with Crippen LogP contribution in [0, 0.1) is 0 Å². The first-order chi connectivity index (χ1) is 78.4. The van der Waals surface area contributed by atoms with E-state index in [1.54, 1.807) is 57.7 Å². The fraction of sp³-hybridized carbons (Fsp3) is 0. The van der Waals surface area contributed by atoms with Gasteiger partial charge in [-0.2, -0.15) is 0 Å². The maximum Gasteiger partial charge on any atom is 0.0667 e. The molecule has 0 aliphatic rings. The lowest BCUT2D eigenvalue weighted by Gasteiger charge is -2.12.